The summed E-state index contributed by atoms with van der Waals surface area (Å²) in [5.74, 6) is -4.42. The Morgan fingerprint density at radius 1 is 0.927 bits per heavy atom. The smallest absolute Gasteiger partial charge is 0.480 e. The third kappa shape index (κ3) is 12.5. The molecule has 19 nitrogen and oxygen atoms in total. The van der Waals surface area contributed by atoms with Gasteiger partial charge < -0.3 is 61.2 Å². The predicted molar refractivity (Wildman–Crippen MR) is 183 cm³/mol. The third-order valence-corrected chi connectivity index (χ3v) is 8.72. The van der Waals surface area contributed by atoms with E-state index in [1.54, 1.807) is 12.1 Å². The molecule has 308 valence electrons. The van der Waals surface area contributed by atoms with Gasteiger partial charge in [-0.05, 0) is 30.5 Å². The summed E-state index contributed by atoms with van der Waals surface area (Å²) in [5.41, 5.74) is 5.28. The number of alkyl halides is 3. The summed E-state index contributed by atoms with van der Waals surface area (Å²) in [6.45, 7) is 1.93. The Morgan fingerprint density at radius 2 is 1.55 bits per heavy atom. The highest BCUT2D eigenvalue weighted by Crippen LogP contribution is 2.34. The molecule has 1 aromatic carbocycles. The van der Waals surface area contributed by atoms with Gasteiger partial charge in [0, 0.05) is 24.5 Å². The topological polar surface area (TPSA) is 305 Å². The number of carboxylic acids is 2. The molecule has 10 atom stereocenters. The van der Waals surface area contributed by atoms with Gasteiger partial charge in [-0.15, -0.1) is 0 Å². The van der Waals surface area contributed by atoms with Crippen LogP contribution in [0.5, 0.6) is 0 Å². The van der Waals surface area contributed by atoms with Gasteiger partial charge >= 0.3 is 29.8 Å². The van der Waals surface area contributed by atoms with Crippen LogP contribution in [0.3, 0.4) is 0 Å². The van der Waals surface area contributed by atoms with Gasteiger partial charge in [-0.25, -0.2) is 19.2 Å². The van der Waals surface area contributed by atoms with E-state index in [1.165, 1.54) is 25.7 Å². The molecule has 2 fully saturated rings. The van der Waals surface area contributed by atoms with Crippen LogP contribution in [0.2, 0.25) is 0 Å². The molecular formula is C33H46F3N5O14. The highest BCUT2D eigenvalue weighted by molar-refractivity contribution is 5.92. The van der Waals surface area contributed by atoms with Crippen LogP contribution in [0.1, 0.15) is 57.2 Å². The molecule has 11 N–H and O–H groups in total. The highest BCUT2D eigenvalue weighted by atomic mass is 19.4. The average Bonchev–Trinajstić information content (AvgIpc) is 3.57. The summed E-state index contributed by atoms with van der Waals surface area (Å²) in [5, 5.41) is 64.8. The number of aryl methyl sites for hydroxylation is 1. The Morgan fingerprint density at radius 3 is 2.09 bits per heavy atom. The Hall–Kier alpha value is -4.42. The molecule has 1 aromatic heterocycles. The monoisotopic (exact) mass is 793 g/mol. The number of carboxylic acid groups (broad SMARTS) is 2. The number of aliphatic hydroxyl groups excluding tert-OH is 4. The highest BCUT2D eigenvalue weighted by Gasteiger charge is 2.54. The second-order valence-corrected chi connectivity index (χ2v) is 12.8. The number of aliphatic hydroxyl groups is 4. The molecule has 4 rings (SSSR count). The number of carbonyl (C=O) groups excluding carboxylic acids is 1. The molecule has 0 radical (unpaired) electrons. The van der Waals surface area contributed by atoms with E-state index < -0.39 is 96.7 Å². The maximum Gasteiger partial charge on any atom is 0.490 e. The van der Waals surface area contributed by atoms with Crippen molar-refractivity contribution in [3.63, 3.8) is 0 Å². The number of hydrogen-bond acceptors (Lipinski definition) is 13. The van der Waals surface area contributed by atoms with Crippen LogP contribution >= 0.6 is 0 Å². The number of unbranched alkanes of at least 4 members (excludes halogenated alkanes) is 5. The molecule has 55 heavy (non-hydrogen) atoms. The lowest BCUT2D eigenvalue weighted by Gasteiger charge is -2.33. The molecule has 0 unspecified atom stereocenters. The second-order valence-electron chi connectivity index (χ2n) is 12.8. The summed E-state index contributed by atoms with van der Waals surface area (Å²) in [4.78, 5) is 60.5. The number of aromatic amines is 1. The van der Waals surface area contributed by atoms with Crippen molar-refractivity contribution < 1.29 is 72.4 Å². The fourth-order valence-corrected chi connectivity index (χ4v) is 5.79. The fraction of sp³-hybridized carbons (Fsp3) is 0.606. The number of halogens is 3. The van der Waals surface area contributed by atoms with E-state index >= 15 is 0 Å². The number of ether oxygens (including phenoxy) is 3. The molecule has 0 spiro atoms. The van der Waals surface area contributed by atoms with Crippen LogP contribution < -0.4 is 27.6 Å². The number of hydrogen-bond donors (Lipinski definition) is 10. The van der Waals surface area contributed by atoms with E-state index in [2.05, 4.69) is 17.6 Å². The molecule has 2 aromatic rings. The second kappa shape index (κ2) is 20.5. The summed E-state index contributed by atoms with van der Waals surface area (Å²) in [6.07, 6.45) is -11.4. The van der Waals surface area contributed by atoms with E-state index in [9.17, 15) is 57.9 Å². The van der Waals surface area contributed by atoms with E-state index in [0.717, 1.165) is 41.7 Å². The number of nitrogens with one attached hydrogen (secondary N) is 3. The Labute approximate surface area is 310 Å². The molecule has 0 bridgehead atoms. The first-order valence-corrected chi connectivity index (χ1v) is 17.3. The molecule has 2 saturated heterocycles. The zero-order valence-corrected chi connectivity index (χ0v) is 29.5. The van der Waals surface area contributed by atoms with Crippen molar-refractivity contribution in [3.8, 4) is 0 Å². The van der Waals surface area contributed by atoms with Crippen molar-refractivity contribution in [1.29, 1.82) is 0 Å². The van der Waals surface area contributed by atoms with Crippen LogP contribution in [0.15, 0.2) is 46.1 Å². The molecule has 2 aliphatic heterocycles. The number of urea groups is 1. The number of rotatable bonds is 16. The SMILES string of the molecule is CCCCCCCCc1ccc(NC(=O)N[C@H](C(=O)O)[C@H](O[C@@H]2O[C@H](CN)[C@@H](O)[C@H]2O)[C@H]2O[C@@H](n3ccc(=O)[nH]c3=O)[C@H](O)[C@@H]2O)cc1.O=C(O)C(F)(F)F. The van der Waals surface area contributed by atoms with Gasteiger partial charge in [0.25, 0.3) is 5.56 Å². The number of carbonyl (C=O) groups is 3. The number of nitrogens with zero attached hydrogens (tertiary/aromatic N) is 1. The number of amides is 2. The van der Waals surface area contributed by atoms with Crippen LogP contribution in [-0.2, 0) is 30.2 Å². The van der Waals surface area contributed by atoms with Crippen LogP contribution in [0, 0.1) is 0 Å². The molecule has 0 aliphatic carbocycles. The van der Waals surface area contributed by atoms with Crippen molar-refractivity contribution in [2.24, 2.45) is 5.73 Å². The third-order valence-electron chi connectivity index (χ3n) is 8.72. The number of anilines is 1. The number of benzene rings is 1. The van der Waals surface area contributed by atoms with Gasteiger partial charge in [-0.1, -0.05) is 51.2 Å². The first kappa shape index (κ1) is 45.0. The number of H-pyrrole nitrogens is 1. The lowest BCUT2D eigenvalue weighted by molar-refractivity contribution is -0.227. The summed E-state index contributed by atoms with van der Waals surface area (Å²) in [7, 11) is 0. The van der Waals surface area contributed by atoms with Gasteiger partial charge in [0.15, 0.2) is 18.6 Å². The summed E-state index contributed by atoms with van der Waals surface area (Å²) < 4.78 is 49.5. The van der Waals surface area contributed by atoms with Crippen LogP contribution in [-0.4, -0.2) is 126 Å². The van der Waals surface area contributed by atoms with Crippen molar-refractivity contribution in [1.82, 2.24) is 14.9 Å². The first-order valence-electron chi connectivity index (χ1n) is 17.3. The van der Waals surface area contributed by atoms with E-state index in [1.807, 2.05) is 17.1 Å². The average molecular weight is 794 g/mol. The molecule has 3 heterocycles. The van der Waals surface area contributed by atoms with Gasteiger partial charge in [0.05, 0.1) is 0 Å². The molecule has 2 aliphatic rings. The largest absolute Gasteiger partial charge is 0.490 e. The van der Waals surface area contributed by atoms with Crippen LogP contribution in [0.25, 0.3) is 0 Å². The number of nitrogens with two attached hydrogens (primary N) is 1. The van der Waals surface area contributed by atoms with E-state index in [4.69, 9.17) is 29.8 Å². The number of aromatic nitrogens is 2. The van der Waals surface area contributed by atoms with Crippen molar-refractivity contribution in [2.75, 3.05) is 11.9 Å². The van der Waals surface area contributed by atoms with Gasteiger partial charge in [-0.2, -0.15) is 13.2 Å². The normalized spacial score (nSPS) is 26.1. The van der Waals surface area contributed by atoms with E-state index in [-0.39, 0.29) is 6.54 Å². The minimum absolute atomic E-state index is 0.234. The van der Waals surface area contributed by atoms with E-state index in [0.29, 0.717) is 5.69 Å². The predicted octanol–water partition coefficient (Wildman–Crippen LogP) is -0.242. The Bertz CT molecular complexity index is 1680. The lowest BCUT2D eigenvalue weighted by Crippen LogP contribution is -2.59. The molecule has 22 heteroatoms. The molecular weight excluding hydrogens is 747 g/mol. The summed E-state index contributed by atoms with van der Waals surface area (Å²) in [6, 6.07) is 5.01. The Balaban J connectivity index is 0.00000106. The zero-order valence-electron chi connectivity index (χ0n) is 29.5. The minimum atomic E-state index is -5.08. The van der Waals surface area contributed by atoms with Crippen molar-refractivity contribution >= 4 is 23.7 Å². The lowest BCUT2D eigenvalue weighted by atomic mass is 9.99. The van der Waals surface area contributed by atoms with Gasteiger partial charge in [0.1, 0.15) is 42.7 Å². The quantitative estimate of drug-likeness (QED) is 0.0981. The van der Waals surface area contributed by atoms with Crippen molar-refractivity contribution in [2.45, 2.75) is 119 Å². The maximum atomic E-state index is 13.1. The standard InChI is InChI=1S/C31H45N5O12.C2HF3O2/c1-2-3-4-5-6-7-8-16-9-11-17(12-10-16)33-30(44)35-20(28(42)43)25(48-29-24(41)21(38)18(15-32)46-29)26-22(39)23(40)27(47-26)36-14-13-19(37)34-31(36)45;3-2(4,5)1(6)7/h9-14,18,20-27,29,38-41H,2-8,15,32H2,1H3,(H,42,43)(H2,33,35,44)(H,34,37,45);(H,6,7)/t18-,20+,21-,22+,23-,24-,25+,26+,27-,29+;/m1./s1. The fourth-order valence-electron chi connectivity index (χ4n) is 5.79. The Kier molecular flexibility index (Phi) is 16.7. The molecule has 2 amide bonds. The van der Waals surface area contributed by atoms with Gasteiger partial charge in [0.2, 0.25) is 0 Å². The first-order chi connectivity index (χ1) is 25.9. The van der Waals surface area contributed by atoms with Crippen LogP contribution in [0.4, 0.5) is 23.7 Å². The summed E-state index contributed by atoms with van der Waals surface area (Å²) >= 11 is 0. The van der Waals surface area contributed by atoms with Crippen molar-refractivity contribution in [3.05, 3.63) is 62.9 Å². The van der Waals surface area contributed by atoms with Gasteiger partial charge in [-0.3, -0.25) is 14.3 Å². The number of aliphatic carboxylic acids is 2. The molecule has 0 saturated carbocycles. The zero-order chi connectivity index (χ0) is 41.0. The minimum Gasteiger partial charge on any atom is -0.480 e. The maximum absolute atomic E-state index is 13.1.